The third kappa shape index (κ3) is 3.40. The summed E-state index contributed by atoms with van der Waals surface area (Å²) in [6.45, 7) is 2.81. The van der Waals surface area contributed by atoms with Crippen LogP contribution in [-0.2, 0) is 20.2 Å². The number of likely N-dealkylation sites (tertiary alicyclic amines) is 1. The second kappa shape index (κ2) is 5.87. The Morgan fingerprint density at radius 2 is 2.04 bits per heavy atom. The third-order valence-corrected chi connectivity index (χ3v) is 6.64. The van der Waals surface area contributed by atoms with Crippen LogP contribution in [0.2, 0.25) is 0 Å². The maximum absolute atomic E-state index is 12.4. The van der Waals surface area contributed by atoms with Gasteiger partial charge in [-0.2, -0.15) is 0 Å². The van der Waals surface area contributed by atoms with Crippen molar-refractivity contribution < 1.29 is 18.3 Å². The number of nitrogens with zero attached hydrogens (tertiary/aromatic N) is 2. The SMILES string of the molecule is Cc1ccc(C2(O)CCN(C(=O)C3CCS(=O)(=O)C3)CC2)nc1. The Balaban J connectivity index is 1.64. The van der Waals surface area contributed by atoms with Gasteiger partial charge in [0.05, 0.1) is 23.1 Å². The van der Waals surface area contributed by atoms with E-state index in [1.807, 2.05) is 19.1 Å². The van der Waals surface area contributed by atoms with E-state index < -0.39 is 21.4 Å². The van der Waals surface area contributed by atoms with E-state index in [-0.39, 0.29) is 17.4 Å². The molecule has 0 spiro atoms. The molecule has 0 aliphatic carbocycles. The Labute approximate surface area is 136 Å². The van der Waals surface area contributed by atoms with Crippen LogP contribution in [0.4, 0.5) is 0 Å². The van der Waals surface area contributed by atoms with Crippen LogP contribution < -0.4 is 0 Å². The molecule has 1 N–H and O–H groups in total. The van der Waals surface area contributed by atoms with Crippen LogP contribution in [0.15, 0.2) is 18.3 Å². The Morgan fingerprint density at radius 3 is 2.57 bits per heavy atom. The van der Waals surface area contributed by atoms with Crippen LogP contribution in [0.25, 0.3) is 0 Å². The van der Waals surface area contributed by atoms with Crippen molar-refractivity contribution in [1.29, 1.82) is 0 Å². The lowest BCUT2D eigenvalue weighted by Crippen LogP contribution is -2.47. The lowest BCUT2D eigenvalue weighted by Gasteiger charge is -2.38. The summed E-state index contributed by atoms with van der Waals surface area (Å²) in [6.07, 6.45) is 3.00. The molecule has 7 heteroatoms. The van der Waals surface area contributed by atoms with E-state index in [1.54, 1.807) is 11.1 Å². The number of hydrogen-bond acceptors (Lipinski definition) is 5. The second-order valence-corrected chi connectivity index (χ2v) is 8.91. The Bertz CT molecular complexity index is 691. The highest BCUT2D eigenvalue weighted by Crippen LogP contribution is 2.33. The standard InChI is InChI=1S/C16H22N2O4S/c1-12-2-3-14(17-10-12)16(20)5-7-18(8-6-16)15(19)13-4-9-23(21,22)11-13/h2-3,10,13,20H,4-9,11H2,1H3. The molecule has 3 rings (SSSR count). The van der Waals surface area contributed by atoms with Gasteiger partial charge in [0.15, 0.2) is 9.84 Å². The average Bonchev–Trinajstić information content (AvgIpc) is 2.88. The van der Waals surface area contributed by atoms with E-state index in [9.17, 15) is 18.3 Å². The maximum atomic E-state index is 12.4. The van der Waals surface area contributed by atoms with Gasteiger partial charge < -0.3 is 10.0 Å². The fraction of sp³-hybridized carbons (Fsp3) is 0.625. The maximum Gasteiger partial charge on any atom is 0.226 e. The molecule has 2 aliphatic heterocycles. The summed E-state index contributed by atoms with van der Waals surface area (Å²) >= 11 is 0. The molecule has 2 aliphatic rings. The number of aryl methyl sites for hydroxylation is 1. The first-order valence-electron chi connectivity index (χ1n) is 7.94. The Morgan fingerprint density at radius 1 is 1.35 bits per heavy atom. The van der Waals surface area contributed by atoms with Crippen molar-refractivity contribution in [2.45, 2.75) is 31.8 Å². The smallest absolute Gasteiger partial charge is 0.226 e. The van der Waals surface area contributed by atoms with Crippen LogP contribution in [0.1, 0.15) is 30.5 Å². The molecular formula is C16H22N2O4S. The number of carbonyl (C=O) groups excluding carboxylic acids is 1. The third-order valence-electron chi connectivity index (χ3n) is 4.87. The molecule has 0 radical (unpaired) electrons. The number of piperidine rings is 1. The molecular weight excluding hydrogens is 316 g/mol. The predicted octanol–water partition coefficient (Wildman–Crippen LogP) is 0.635. The van der Waals surface area contributed by atoms with Gasteiger partial charge in [-0.15, -0.1) is 0 Å². The zero-order valence-corrected chi connectivity index (χ0v) is 14.1. The minimum absolute atomic E-state index is 0.0356. The number of aromatic nitrogens is 1. The highest BCUT2D eigenvalue weighted by atomic mass is 32.2. The minimum atomic E-state index is -3.06. The van der Waals surface area contributed by atoms with Crippen LogP contribution in [0.3, 0.4) is 0 Å². The molecule has 1 amide bonds. The van der Waals surface area contributed by atoms with E-state index in [1.165, 1.54) is 0 Å². The summed E-state index contributed by atoms with van der Waals surface area (Å²) in [4.78, 5) is 18.4. The Kier molecular flexibility index (Phi) is 4.18. The molecule has 2 fully saturated rings. The number of aliphatic hydroxyl groups is 1. The van der Waals surface area contributed by atoms with E-state index >= 15 is 0 Å². The number of rotatable bonds is 2. The van der Waals surface area contributed by atoms with Gasteiger partial charge in [0.25, 0.3) is 0 Å². The summed E-state index contributed by atoms with van der Waals surface area (Å²) < 4.78 is 23.0. The molecule has 1 atom stereocenters. The number of carbonyl (C=O) groups is 1. The summed E-state index contributed by atoms with van der Waals surface area (Å²) in [5.74, 6) is -0.436. The number of hydrogen-bond donors (Lipinski definition) is 1. The van der Waals surface area contributed by atoms with Crippen molar-refractivity contribution in [3.63, 3.8) is 0 Å². The summed E-state index contributed by atoms with van der Waals surface area (Å²) in [7, 11) is -3.06. The highest BCUT2D eigenvalue weighted by Gasteiger charge is 2.40. The van der Waals surface area contributed by atoms with Gasteiger partial charge in [-0.05, 0) is 37.8 Å². The van der Waals surface area contributed by atoms with E-state index in [0.717, 1.165) is 5.56 Å². The molecule has 1 aromatic heterocycles. The van der Waals surface area contributed by atoms with Gasteiger partial charge in [-0.25, -0.2) is 8.42 Å². The van der Waals surface area contributed by atoms with Gasteiger partial charge in [0, 0.05) is 19.3 Å². The first-order valence-corrected chi connectivity index (χ1v) is 9.76. The fourth-order valence-electron chi connectivity index (χ4n) is 3.34. The molecule has 0 aromatic carbocycles. The van der Waals surface area contributed by atoms with Crippen molar-refractivity contribution in [3.05, 3.63) is 29.6 Å². The Hall–Kier alpha value is -1.47. The van der Waals surface area contributed by atoms with E-state index in [0.29, 0.717) is 38.0 Å². The van der Waals surface area contributed by atoms with Crippen molar-refractivity contribution >= 4 is 15.7 Å². The first-order chi connectivity index (χ1) is 10.8. The molecule has 23 heavy (non-hydrogen) atoms. The molecule has 6 nitrogen and oxygen atoms in total. The van der Waals surface area contributed by atoms with Gasteiger partial charge in [-0.3, -0.25) is 9.78 Å². The van der Waals surface area contributed by atoms with Gasteiger partial charge in [0.1, 0.15) is 5.60 Å². The topological polar surface area (TPSA) is 87.6 Å². The first kappa shape index (κ1) is 16.4. The molecule has 2 saturated heterocycles. The second-order valence-electron chi connectivity index (χ2n) is 6.68. The minimum Gasteiger partial charge on any atom is -0.383 e. The molecule has 1 unspecified atom stereocenters. The van der Waals surface area contributed by atoms with Crippen molar-refractivity contribution in [1.82, 2.24) is 9.88 Å². The molecule has 0 bridgehead atoms. The molecule has 1 aromatic rings. The lowest BCUT2D eigenvalue weighted by molar-refractivity contribution is -0.139. The molecule has 3 heterocycles. The number of amides is 1. The predicted molar refractivity (Wildman–Crippen MR) is 85.4 cm³/mol. The quantitative estimate of drug-likeness (QED) is 0.855. The fourth-order valence-corrected chi connectivity index (χ4v) is 5.08. The van der Waals surface area contributed by atoms with Crippen LogP contribution >= 0.6 is 0 Å². The summed E-state index contributed by atoms with van der Waals surface area (Å²) in [5.41, 5.74) is 0.665. The molecule has 126 valence electrons. The summed E-state index contributed by atoms with van der Waals surface area (Å²) in [6, 6.07) is 3.75. The lowest BCUT2D eigenvalue weighted by atomic mass is 9.87. The van der Waals surface area contributed by atoms with Gasteiger partial charge in [0.2, 0.25) is 5.91 Å². The largest absolute Gasteiger partial charge is 0.383 e. The average molecular weight is 338 g/mol. The number of pyridine rings is 1. The summed E-state index contributed by atoms with van der Waals surface area (Å²) in [5, 5.41) is 10.8. The van der Waals surface area contributed by atoms with Crippen molar-refractivity contribution in [2.75, 3.05) is 24.6 Å². The van der Waals surface area contributed by atoms with Crippen LogP contribution in [0.5, 0.6) is 0 Å². The van der Waals surface area contributed by atoms with Gasteiger partial charge in [-0.1, -0.05) is 6.07 Å². The van der Waals surface area contributed by atoms with Crippen molar-refractivity contribution in [2.24, 2.45) is 5.92 Å². The van der Waals surface area contributed by atoms with E-state index in [4.69, 9.17) is 0 Å². The van der Waals surface area contributed by atoms with Crippen LogP contribution in [-0.4, -0.2) is 53.9 Å². The van der Waals surface area contributed by atoms with Crippen molar-refractivity contribution in [3.8, 4) is 0 Å². The van der Waals surface area contributed by atoms with E-state index in [2.05, 4.69) is 4.98 Å². The number of sulfone groups is 1. The van der Waals surface area contributed by atoms with Crippen LogP contribution in [0, 0.1) is 12.8 Å². The highest BCUT2D eigenvalue weighted by molar-refractivity contribution is 7.91. The zero-order chi connectivity index (χ0) is 16.7. The normalized spacial score (nSPS) is 26.2. The monoisotopic (exact) mass is 338 g/mol. The zero-order valence-electron chi connectivity index (χ0n) is 13.2. The molecule has 0 saturated carbocycles. The van der Waals surface area contributed by atoms with Gasteiger partial charge >= 0.3 is 0 Å².